The van der Waals surface area contributed by atoms with E-state index in [0.29, 0.717) is 0 Å². The van der Waals surface area contributed by atoms with Crippen LogP contribution in [0.4, 0.5) is 4.39 Å². The number of aliphatic carboxylic acids is 1. The van der Waals surface area contributed by atoms with E-state index in [1.54, 1.807) is 0 Å². The van der Waals surface area contributed by atoms with Gasteiger partial charge in [-0.25, -0.2) is 9.18 Å². The maximum absolute atomic E-state index is 13.6. The number of carboxylic acid groups (broad SMARTS) is 1. The van der Waals surface area contributed by atoms with Gasteiger partial charge in [-0.05, 0) is 12.1 Å². The van der Waals surface area contributed by atoms with E-state index < -0.39 is 23.7 Å². The molecule has 1 fully saturated rings. The monoisotopic (exact) mass is 269 g/mol. The third kappa shape index (κ3) is 2.65. The Kier molecular flexibility index (Phi) is 3.66. The fourth-order valence-electron chi connectivity index (χ4n) is 1.88. The lowest BCUT2D eigenvalue weighted by Crippen LogP contribution is -2.52. The van der Waals surface area contributed by atoms with Gasteiger partial charge in [-0.2, -0.15) is 0 Å². The molecular formula is C12H12FNO5. The summed E-state index contributed by atoms with van der Waals surface area (Å²) < 4.78 is 18.6. The van der Waals surface area contributed by atoms with E-state index >= 15 is 0 Å². The Labute approximate surface area is 108 Å². The maximum atomic E-state index is 13.6. The zero-order chi connectivity index (χ0) is 14.0. The molecule has 1 aliphatic heterocycles. The van der Waals surface area contributed by atoms with Gasteiger partial charge < -0.3 is 19.8 Å². The number of carbonyl (C=O) groups excluding carboxylic acids is 1. The summed E-state index contributed by atoms with van der Waals surface area (Å²) >= 11 is 0. The molecule has 2 N–H and O–H groups in total. The Morgan fingerprint density at radius 1 is 1.42 bits per heavy atom. The second kappa shape index (κ2) is 5.23. The molecular weight excluding hydrogens is 257 g/mol. The van der Waals surface area contributed by atoms with Crippen LogP contribution in [0.3, 0.4) is 0 Å². The summed E-state index contributed by atoms with van der Waals surface area (Å²) in [5.74, 6) is -3.12. The van der Waals surface area contributed by atoms with E-state index in [1.165, 1.54) is 6.07 Å². The zero-order valence-electron chi connectivity index (χ0n) is 9.88. The Hall–Kier alpha value is -2.15. The fraction of sp³-hybridized carbons (Fsp3) is 0.333. The van der Waals surface area contributed by atoms with Crippen molar-refractivity contribution in [3.63, 3.8) is 0 Å². The highest BCUT2D eigenvalue weighted by atomic mass is 19.1. The highest BCUT2D eigenvalue weighted by molar-refractivity contribution is 5.97. The van der Waals surface area contributed by atoms with Crippen molar-refractivity contribution in [2.24, 2.45) is 0 Å². The molecule has 2 rings (SSSR count). The molecule has 1 aromatic carbocycles. The number of morpholine rings is 1. The Bertz CT molecular complexity index is 519. The molecule has 0 radical (unpaired) electrons. The Morgan fingerprint density at radius 3 is 2.79 bits per heavy atom. The van der Waals surface area contributed by atoms with E-state index in [4.69, 9.17) is 14.9 Å². The van der Waals surface area contributed by atoms with Crippen LogP contribution in [-0.2, 0) is 9.53 Å². The number of benzene rings is 1. The van der Waals surface area contributed by atoms with Gasteiger partial charge in [0.2, 0.25) is 0 Å². The first-order chi connectivity index (χ1) is 9.00. The van der Waals surface area contributed by atoms with Crippen LogP contribution in [0.15, 0.2) is 18.2 Å². The van der Waals surface area contributed by atoms with Crippen LogP contribution in [-0.4, -0.2) is 52.8 Å². The number of carboxylic acids is 1. The smallest absolute Gasteiger partial charge is 0.328 e. The molecule has 0 spiro atoms. The highest BCUT2D eigenvalue weighted by Crippen LogP contribution is 2.19. The number of nitrogens with zero attached hydrogens (tertiary/aromatic N) is 1. The molecule has 6 nitrogen and oxygen atoms in total. The predicted octanol–water partition coefficient (Wildman–Crippen LogP) is 0.457. The first kappa shape index (κ1) is 13.3. The first-order valence-corrected chi connectivity index (χ1v) is 5.60. The molecule has 0 bridgehead atoms. The molecule has 0 aliphatic carbocycles. The van der Waals surface area contributed by atoms with Gasteiger partial charge in [0.05, 0.1) is 18.8 Å². The van der Waals surface area contributed by atoms with Crippen LogP contribution in [0.2, 0.25) is 0 Å². The van der Waals surface area contributed by atoms with Gasteiger partial charge in [-0.1, -0.05) is 0 Å². The van der Waals surface area contributed by atoms with Gasteiger partial charge >= 0.3 is 5.97 Å². The SMILES string of the molecule is O=C(O)C1COCCN1C(=O)c1ccc(O)cc1F. The lowest BCUT2D eigenvalue weighted by molar-refractivity contribution is -0.147. The average Bonchev–Trinajstić information content (AvgIpc) is 2.38. The molecule has 1 aliphatic rings. The number of halogens is 1. The van der Waals surface area contributed by atoms with Gasteiger partial charge in [-0.15, -0.1) is 0 Å². The minimum Gasteiger partial charge on any atom is -0.508 e. The molecule has 1 amide bonds. The number of amides is 1. The summed E-state index contributed by atoms with van der Waals surface area (Å²) in [6.45, 7) is 0.159. The van der Waals surface area contributed by atoms with Gasteiger partial charge in [0, 0.05) is 12.6 Å². The van der Waals surface area contributed by atoms with Crippen LogP contribution < -0.4 is 0 Å². The molecule has 102 valence electrons. The molecule has 1 aromatic rings. The van der Waals surface area contributed by atoms with Crippen molar-refractivity contribution in [1.82, 2.24) is 4.90 Å². The lowest BCUT2D eigenvalue weighted by Gasteiger charge is -2.32. The van der Waals surface area contributed by atoms with Crippen molar-refractivity contribution >= 4 is 11.9 Å². The number of ether oxygens (including phenoxy) is 1. The lowest BCUT2D eigenvalue weighted by atomic mass is 10.1. The summed E-state index contributed by atoms with van der Waals surface area (Å²) in [5, 5.41) is 18.1. The summed E-state index contributed by atoms with van der Waals surface area (Å²) in [4.78, 5) is 24.2. The van der Waals surface area contributed by atoms with E-state index in [0.717, 1.165) is 17.0 Å². The maximum Gasteiger partial charge on any atom is 0.328 e. The summed E-state index contributed by atoms with van der Waals surface area (Å²) in [6.07, 6.45) is 0. The fourth-order valence-corrected chi connectivity index (χ4v) is 1.88. The largest absolute Gasteiger partial charge is 0.508 e. The number of aromatic hydroxyl groups is 1. The van der Waals surface area contributed by atoms with Crippen molar-refractivity contribution in [3.8, 4) is 5.75 Å². The molecule has 1 saturated heterocycles. The van der Waals surface area contributed by atoms with E-state index in [2.05, 4.69) is 0 Å². The van der Waals surface area contributed by atoms with E-state index in [1.807, 2.05) is 0 Å². The first-order valence-electron chi connectivity index (χ1n) is 5.60. The molecule has 7 heteroatoms. The van der Waals surface area contributed by atoms with Crippen LogP contribution in [0, 0.1) is 5.82 Å². The summed E-state index contributed by atoms with van der Waals surface area (Å²) in [6, 6.07) is 1.98. The van der Waals surface area contributed by atoms with Gasteiger partial charge in [0.25, 0.3) is 5.91 Å². The predicted molar refractivity (Wildman–Crippen MR) is 61.3 cm³/mol. The normalized spacial score (nSPS) is 19.2. The number of rotatable bonds is 2. The summed E-state index contributed by atoms with van der Waals surface area (Å²) in [5.41, 5.74) is -0.272. The van der Waals surface area contributed by atoms with Gasteiger partial charge in [0.1, 0.15) is 11.6 Å². The molecule has 1 heterocycles. The second-order valence-corrected chi connectivity index (χ2v) is 4.09. The van der Waals surface area contributed by atoms with Crippen LogP contribution >= 0.6 is 0 Å². The van der Waals surface area contributed by atoms with Crippen LogP contribution in [0.25, 0.3) is 0 Å². The van der Waals surface area contributed by atoms with Crippen LogP contribution in [0.1, 0.15) is 10.4 Å². The minimum atomic E-state index is -1.20. The average molecular weight is 269 g/mol. The molecule has 0 aromatic heterocycles. The number of hydrogen-bond acceptors (Lipinski definition) is 4. The van der Waals surface area contributed by atoms with Crippen molar-refractivity contribution in [3.05, 3.63) is 29.6 Å². The quantitative estimate of drug-likeness (QED) is 0.814. The number of phenols is 1. The van der Waals surface area contributed by atoms with Crippen molar-refractivity contribution in [1.29, 1.82) is 0 Å². The van der Waals surface area contributed by atoms with Crippen molar-refractivity contribution in [2.75, 3.05) is 19.8 Å². The number of carbonyl (C=O) groups is 2. The topological polar surface area (TPSA) is 87.1 Å². The zero-order valence-corrected chi connectivity index (χ0v) is 9.88. The molecule has 0 saturated carbocycles. The molecule has 1 atom stereocenters. The third-order valence-corrected chi connectivity index (χ3v) is 2.86. The minimum absolute atomic E-state index is 0.0795. The van der Waals surface area contributed by atoms with E-state index in [9.17, 15) is 14.0 Å². The highest BCUT2D eigenvalue weighted by Gasteiger charge is 2.34. The Balaban J connectivity index is 2.28. The third-order valence-electron chi connectivity index (χ3n) is 2.86. The molecule has 1 unspecified atom stereocenters. The van der Waals surface area contributed by atoms with E-state index in [-0.39, 0.29) is 31.1 Å². The van der Waals surface area contributed by atoms with Gasteiger partial charge in [-0.3, -0.25) is 4.79 Å². The van der Waals surface area contributed by atoms with Crippen LogP contribution in [0.5, 0.6) is 5.75 Å². The number of hydrogen-bond donors (Lipinski definition) is 2. The summed E-state index contributed by atoms with van der Waals surface area (Å²) in [7, 11) is 0. The second-order valence-electron chi connectivity index (χ2n) is 4.09. The Morgan fingerprint density at radius 2 is 2.16 bits per heavy atom. The van der Waals surface area contributed by atoms with Crippen molar-refractivity contribution in [2.45, 2.75) is 6.04 Å². The van der Waals surface area contributed by atoms with Gasteiger partial charge in [0.15, 0.2) is 6.04 Å². The van der Waals surface area contributed by atoms with Crippen molar-refractivity contribution < 1.29 is 28.9 Å². The standard InChI is InChI=1S/C12H12FNO5/c13-9-5-7(15)1-2-8(9)11(16)14-3-4-19-6-10(14)12(17)18/h1-2,5,10,15H,3-4,6H2,(H,17,18). The molecule has 19 heavy (non-hydrogen) atoms. The number of phenolic OH excluding ortho intramolecular Hbond substituents is 1.